The summed E-state index contributed by atoms with van der Waals surface area (Å²) >= 11 is 0. The molecule has 7 rings (SSSR count). The van der Waals surface area contributed by atoms with Gasteiger partial charge < -0.3 is 58.1 Å². The van der Waals surface area contributed by atoms with Crippen LogP contribution in [-0.2, 0) is 18.9 Å². The second-order valence-corrected chi connectivity index (χ2v) is 11.8. The van der Waals surface area contributed by atoms with Gasteiger partial charge in [0.25, 0.3) is 0 Å². The maximum atomic E-state index is 13.4. The van der Waals surface area contributed by atoms with Crippen LogP contribution in [0.3, 0.4) is 0 Å². The summed E-state index contributed by atoms with van der Waals surface area (Å²) in [7, 11) is 1.30. The van der Waals surface area contributed by atoms with Crippen molar-refractivity contribution in [1.29, 1.82) is 0 Å². The van der Waals surface area contributed by atoms with Gasteiger partial charge in [-0.05, 0) is 38.5 Å². The first-order chi connectivity index (χ1) is 21.9. The Balaban J connectivity index is 1.38. The van der Waals surface area contributed by atoms with Crippen molar-refractivity contribution in [2.75, 3.05) is 7.11 Å². The van der Waals surface area contributed by atoms with E-state index in [4.69, 9.17) is 32.5 Å². The molecule has 5 N–H and O–H groups in total. The molecule has 0 spiro atoms. The van der Waals surface area contributed by atoms with E-state index in [1.165, 1.54) is 32.2 Å². The van der Waals surface area contributed by atoms with E-state index in [9.17, 15) is 35.1 Å². The predicted molar refractivity (Wildman–Crippen MR) is 160 cm³/mol. The number of hydrogen-bond donors (Lipinski definition) is 5. The molecule has 244 valence electrons. The van der Waals surface area contributed by atoms with Gasteiger partial charge in [-0.25, -0.2) is 9.59 Å². The minimum atomic E-state index is -1.60. The molecule has 0 amide bonds. The molecule has 0 unspecified atom stereocenters. The standard InChI is InChI=1S/C32H32O14/c1-10-8-9-15-18-16(10)29(38)45-26-17-13(23(35)20(19(18)26)30(39)43-15)6-5-7-14(17)44-32-28(24(36)21(33)11(2)42-32)46-31-25(37)27(40-4)22(34)12(3)41-31/h5-9,11-12,21-22,24-25,27-28,31-37H,1-4H3/t11-,12-,21-,22-,24+,25+,27+,28+,31+,32+/m1/s1. The molecule has 0 bridgehead atoms. The zero-order chi connectivity index (χ0) is 32.8. The smallest absolute Gasteiger partial charge is 0.348 e. The highest BCUT2D eigenvalue weighted by Crippen LogP contribution is 2.45. The number of methoxy groups -OCH3 is 1. The molecule has 2 aliphatic rings. The monoisotopic (exact) mass is 640 g/mol. The van der Waals surface area contributed by atoms with Gasteiger partial charge in [0.05, 0.1) is 23.0 Å². The van der Waals surface area contributed by atoms with Gasteiger partial charge in [0.1, 0.15) is 53.0 Å². The van der Waals surface area contributed by atoms with E-state index in [-0.39, 0.29) is 43.8 Å². The number of fused-ring (bicyclic) bond motifs is 2. The summed E-state index contributed by atoms with van der Waals surface area (Å²) in [6.07, 6.45) is -13.0. The molecule has 2 fully saturated rings. The number of benzene rings is 3. The first-order valence-corrected chi connectivity index (χ1v) is 14.7. The summed E-state index contributed by atoms with van der Waals surface area (Å²) in [4.78, 5) is 26.5. The van der Waals surface area contributed by atoms with Crippen LogP contribution in [0.25, 0.3) is 43.5 Å². The third kappa shape index (κ3) is 4.48. The van der Waals surface area contributed by atoms with E-state index in [0.29, 0.717) is 10.9 Å². The van der Waals surface area contributed by atoms with Gasteiger partial charge in [-0.1, -0.05) is 18.2 Å². The van der Waals surface area contributed by atoms with Gasteiger partial charge in [0, 0.05) is 23.3 Å². The number of aliphatic hydroxyl groups is 4. The number of aryl methyl sites for hydroxylation is 1. The van der Waals surface area contributed by atoms with E-state index in [1.54, 1.807) is 26.0 Å². The number of phenols is 1. The largest absolute Gasteiger partial charge is 0.506 e. The minimum absolute atomic E-state index is 0.00746. The Morgan fingerprint density at radius 3 is 2.15 bits per heavy atom. The highest BCUT2D eigenvalue weighted by atomic mass is 16.8. The summed E-state index contributed by atoms with van der Waals surface area (Å²) in [5.74, 6) is -0.425. The average Bonchev–Trinajstić information content (AvgIpc) is 3.02. The van der Waals surface area contributed by atoms with E-state index < -0.39 is 78.4 Å². The number of phenolic OH excluding ortho intramolecular Hbond substituents is 1. The number of ether oxygens (including phenoxy) is 5. The van der Waals surface area contributed by atoms with Crippen LogP contribution in [0.1, 0.15) is 19.4 Å². The Hall–Kier alpha value is -3.86. The van der Waals surface area contributed by atoms with Crippen molar-refractivity contribution in [2.45, 2.75) is 82.2 Å². The highest BCUT2D eigenvalue weighted by molar-refractivity contribution is 6.28. The fourth-order valence-corrected chi connectivity index (χ4v) is 6.58. The van der Waals surface area contributed by atoms with Crippen molar-refractivity contribution in [3.63, 3.8) is 0 Å². The normalized spacial score (nSPS) is 32.2. The maximum Gasteiger partial charge on any atom is 0.348 e. The summed E-state index contributed by atoms with van der Waals surface area (Å²) < 4.78 is 40.4. The minimum Gasteiger partial charge on any atom is -0.506 e. The van der Waals surface area contributed by atoms with Crippen LogP contribution < -0.4 is 16.0 Å². The van der Waals surface area contributed by atoms with Gasteiger partial charge >= 0.3 is 11.3 Å². The molecule has 14 heteroatoms. The molecular weight excluding hydrogens is 608 g/mol. The molecule has 4 heterocycles. The van der Waals surface area contributed by atoms with Gasteiger partial charge in [-0.2, -0.15) is 0 Å². The van der Waals surface area contributed by atoms with Gasteiger partial charge in [-0.15, -0.1) is 0 Å². The number of aromatic hydroxyl groups is 1. The first kappa shape index (κ1) is 30.8. The zero-order valence-corrected chi connectivity index (χ0v) is 25.1. The Morgan fingerprint density at radius 1 is 0.717 bits per heavy atom. The molecule has 2 aromatic heterocycles. The van der Waals surface area contributed by atoms with Crippen LogP contribution in [-0.4, -0.2) is 94.1 Å². The molecule has 10 atom stereocenters. The maximum absolute atomic E-state index is 13.4. The summed E-state index contributed by atoms with van der Waals surface area (Å²) in [5.41, 5.74) is -0.899. The summed E-state index contributed by atoms with van der Waals surface area (Å²) in [6, 6.07) is 7.70. The fourth-order valence-electron chi connectivity index (χ4n) is 6.58. The molecule has 0 aliphatic carbocycles. The Bertz CT molecular complexity index is 2070. The molecule has 5 aromatic rings. The topological polar surface area (TPSA) is 208 Å². The van der Waals surface area contributed by atoms with Crippen LogP contribution in [0.4, 0.5) is 0 Å². The van der Waals surface area contributed by atoms with E-state index >= 15 is 0 Å². The fraction of sp³-hybridized carbons (Fsp3) is 0.438. The van der Waals surface area contributed by atoms with Gasteiger partial charge in [-0.3, -0.25) is 0 Å². The first-order valence-electron chi connectivity index (χ1n) is 14.7. The van der Waals surface area contributed by atoms with Crippen molar-refractivity contribution in [2.24, 2.45) is 0 Å². The second-order valence-electron chi connectivity index (χ2n) is 11.8. The third-order valence-electron chi connectivity index (χ3n) is 9.03. The average molecular weight is 641 g/mol. The lowest BCUT2D eigenvalue weighted by molar-refractivity contribution is -0.353. The Labute approximate surface area is 259 Å². The zero-order valence-electron chi connectivity index (χ0n) is 25.1. The van der Waals surface area contributed by atoms with Crippen LogP contribution in [0, 0.1) is 6.92 Å². The molecule has 2 saturated heterocycles. The summed E-state index contributed by atoms with van der Waals surface area (Å²) in [6.45, 7) is 4.77. The lowest BCUT2D eigenvalue weighted by Crippen LogP contribution is -2.64. The van der Waals surface area contributed by atoms with Crippen molar-refractivity contribution in [3.8, 4) is 11.5 Å². The molecular formula is C32H32O14. The quantitative estimate of drug-likeness (QED) is 0.104. The lowest BCUT2D eigenvalue weighted by atomic mass is 9.95. The van der Waals surface area contributed by atoms with Crippen LogP contribution >= 0.6 is 0 Å². The van der Waals surface area contributed by atoms with Crippen LogP contribution in [0.15, 0.2) is 48.8 Å². The van der Waals surface area contributed by atoms with Crippen molar-refractivity contribution in [3.05, 3.63) is 56.7 Å². The number of hydrogen-bond acceptors (Lipinski definition) is 14. The molecule has 3 aromatic carbocycles. The molecule has 2 aliphatic heterocycles. The van der Waals surface area contributed by atoms with Gasteiger partial charge in [0.15, 0.2) is 18.0 Å². The predicted octanol–water partition coefficient (Wildman–Crippen LogP) is 1.37. The Kier molecular flexibility index (Phi) is 7.45. The molecule has 0 radical (unpaired) electrons. The van der Waals surface area contributed by atoms with E-state index in [2.05, 4.69) is 0 Å². The van der Waals surface area contributed by atoms with Crippen molar-refractivity contribution < 1.29 is 58.1 Å². The molecule has 14 nitrogen and oxygen atoms in total. The van der Waals surface area contributed by atoms with Crippen LogP contribution in [0.2, 0.25) is 0 Å². The van der Waals surface area contributed by atoms with E-state index in [0.717, 1.165) is 0 Å². The second kappa shape index (κ2) is 11.1. The van der Waals surface area contributed by atoms with Gasteiger partial charge in [0.2, 0.25) is 6.29 Å². The van der Waals surface area contributed by atoms with Crippen molar-refractivity contribution in [1.82, 2.24) is 0 Å². The highest BCUT2D eigenvalue weighted by Gasteiger charge is 2.50. The molecule has 0 saturated carbocycles. The summed E-state index contributed by atoms with van der Waals surface area (Å²) in [5, 5.41) is 55.1. The number of rotatable bonds is 5. The van der Waals surface area contributed by atoms with Crippen molar-refractivity contribution >= 4 is 43.5 Å². The van der Waals surface area contributed by atoms with Crippen LogP contribution in [0.5, 0.6) is 11.5 Å². The lowest BCUT2D eigenvalue weighted by Gasteiger charge is -2.46. The third-order valence-corrected chi connectivity index (χ3v) is 9.03. The Morgan fingerprint density at radius 2 is 1.41 bits per heavy atom. The SMILES string of the molecule is CO[C@@H]1[C@H](O)[C@H](O[C@@H]2[C@H](Oc3cccc4c(O)c5c(=O)oc6ccc(C)c7c(=O)oc(c34)c5c67)O[C@H](C)[C@@H](O)[C@@H]2O)O[C@H](C)[C@H]1O. The number of aliphatic hydroxyl groups excluding tert-OH is 4. The molecule has 46 heavy (non-hydrogen) atoms. The van der Waals surface area contributed by atoms with E-state index in [1.807, 2.05) is 0 Å².